The monoisotopic (exact) mass is 387 g/mol. The number of amides is 2. The van der Waals surface area contributed by atoms with Crippen molar-refractivity contribution < 1.29 is 24.9 Å². The molecule has 28 heavy (non-hydrogen) atoms. The lowest BCUT2D eigenvalue weighted by Gasteiger charge is -2.18. The summed E-state index contributed by atoms with van der Waals surface area (Å²) >= 11 is 0. The molecule has 0 fully saturated rings. The van der Waals surface area contributed by atoms with Crippen LogP contribution in [0.5, 0.6) is 11.5 Å². The number of hydrogen-bond acceptors (Lipinski definition) is 6. The van der Waals surface area contributed by atoms with Crippen LogP contribution in [-0.4, -0.2) is 46.8 Å². The van der Waals surface area contributed by atoms with Crippen molar-refractivity contribution in [2.24, 2.45) is 0 Å². The van der Waals surface area contributed by atoms with Crippen LogP contribution >= 0.6 is 0 Å². The molecule has 2 atom stereocenters. The van der Waals surface area contributed by atoms with Crippen LogP contribution in [0.1, 0.15) is 24.2 Å². The van der Waals surface area contributed by atoms with Crippen molar-refractivity contribution in [2.45, 2.75) is 25.5 Å². The van der Waals surface area contributed by atoms with Crippen molar-refractivity contribution in [3.63, 3.8) is 0 Å². The minimum atomic E-state index is -0.841. The van der Waals surface area contributed by atoms with Crippen molar-refractivity contribution in [2.75, 3.05) is 18.4 Å². The first-order valence-electron chi connectivity index (χ1n) is 8.88. The fourth-order valence-electron chi connectivity index (χ4n) is 2.68. The molecule has 2 unspecified atom stereocenters. The largest absolute Gasteiger partial charge is 0.508 e. The number of phenols is 2. The van der Waals surface area contributed by atoms with E-state index in [2.05, 4.69) is 16.0 Å². The molecular formula is C20H25N3O5. The van der Waals surface area contributed by atoms with Gasteiger partial charge in [0.2, 0.25) is 12.3 Å². The van der Waals surface area contributed by atoms with Crippen LogP contribution in [0.3, 0.4) is 0 Å². The molecule has 2 amide bonds. The van der Waals surface area contributed by atoms with Crippen LogP contribution < -0.4 is 16.0 Å². The van der Waals surface area contributed by atoms with Crippen LogP contribution in [0.4, 0.5) is 5.69 Å². The molecule has 0 aliphatic rings. The molecule has 8 heteroatoms. The molecule has 0 aliphatic carbocycles. The topological polar surface area (TPSA) is 131 Å². The lowest BCUT2D eigenvalue weighted by molar-refractivity contribution is -0.118. The third kappa shape index (κ3) is 6.57. The summed E-state index contributed by atoms with van der Waals surface area (Å²) in [6.45, 7) is 2.05. The third-order valence-electron chi connectivity index (χ3n) is 4.16. The van der Waals surface area contributed by atoms with Crippen molar-refractivity contribution in [1.29, 1.82) is 0 Å². The number of phenolic OH excluding ortho intramolecular Hbond substituents is 2. The molecule has 2 aromatic carbocycles. The van der Waals surface area contributed by atoms with Gasteiger partial charge in [0.25, 0.3) is 0 Å². The van der Waals surface area contributed by atoms with Gasteiger partial charge in [-0.1, -0.05) is 18.2 Å². The summed E-state index contributed by atoms with van der Waals surface area (Å²) in [7, 11) is 0. The average molecular weight is 387 g/mol. The fraction of sp³-hybridized carbons (Fsp3) is 0.300. The summed E-state index contributed by atoms with van der Waals surface area (Å²) in [6.07, 6.45) is 0.296. The van der Waals surface area contributed by atoms with Gasteiger partial charge in [-0.15, -0.1) is 0 Å². The average Bonchev–Trinajstić information content (AvgIpc) is 2.68. The Morgan fingerprint density at radius 3 is 2.54 bits per heavy atom. The second-order valence-electron chi connectivity index (χ2n) is 6.52. The van der Waals surface area contributed by atoms with E-state index in [0.29, 0.717) is 12.0 Å². The highest BCUT2D eigenvalue weighted by atomic mass is 16.3. The maximum Gasteiger partial charge on any atom is 0.243 e. The summed E-state index contributed by atoms with van der Waals surface area (Å²) in [5, 5.41) is 37.6. The molecule has 2 rings (SSSR count). The summed E-state index contributed by atoms with van der Waals surface area (Å²) < 4.78 is 0. The Bertz CT molecular complexity index is 795. The Labute approximate surface area is 163 Å². The number of anilines is 1. The van der Waals surface area contributed by atoms with Gasteiger partial charge in [0, 0.05) is 12.6 Å². The molecule has 0 spiro atoms. The molecule has 0 saturated carbocycles. The van der Waals surface area contributed by atoms with Crippen LogP contribution in [0.25, 0.3) is 0 Å². The van der Waals surface area contributed by atoms with Gasteiger partial charge in [0.05, 0.1) is 18.3 Å². The number of carbonyl (C=O) groups excluding carboxylic acids is 2. The van der Waals surface area contributed by atoms with Gasteiger partial charge in [-0.2, -0.15) is 0 Å². The Hall–Kier alpha value is -3.10. The Morgan fingerprint density at radius 1 is 1.14 bits per heavy atom. The lowest BCUT2D eigenvalue weighted by Crippen LogP contribution is -2.32. The van der Waals surface area contributed by atoms with Gasteiger partial charge in [0.15, 0.2) is 0 Å². The van der Waals surface area contributed by atoms with E-state index in [0.717, 1.165) is 12.0 Å². The zero-order valence-electron chi connectivity index (χ0n) is 15.6. The smallest absolute Gasteiger partial charge is 0.243 e. The molecule has 150 valence electrons. The number of aliphatic hydroxyl groups is 1. The van der Waals surface area contributed by atoms with E-state index in [1.807, 2.05) is 19.1 Å². The number of benzene rings is 2. The minimum absolute atomic E-state index is 0.0879. The number of rotatable bonds is 10. The lowest BCUT2D eigenvalue weighted by atomic mass is 10.1. The van der Waals surface area contributed by atoms with Gasteiger partial charge in [-0.05, 0) is 48.7 Å². The number of hydrogen-bond donors (Lipinski definition) is 6. The number of aliphatic hydroxyl groups excluding tert-OH is 1. The number of carbonyl (C=O) groups is 2. The van der Waals surface area contributed by atoms with Gasteiger partial charge >= 0.3 is 0 Å². The molecule has 0 bridgehead atoms. The SMILES string of the molecule is CC(Cc1ccc(O)cc1)NCC(O)c1ccc(O)c(NC(=O)CNC=O)c1. The third-order valence-corrected chi connectivity index (χ3v) is 4.16. The highest BCUT2D eigenvalue weighted by Gasteiger charge is 2.13. The highest BCUT2D eigenvalue weighted by Crippen LogP contribution is 2.27. The van der Waals surface area contributed by atoms with E-state index in [-0.39, 0.29) is 36.3 Å². The fourth-order valence-corrected chi connectivity index (χ4v) is 2.68. The van der Waals surface area contributed by atoms with Crippen LogP contribution in [-0.2, 0) is 16.0 Å². The Kier molecular flexibility index (Phi) is 7.79. The second-order valence-corrected chi connectivity index (χ2v) is 6.52. The maximum atomic E-state index is 11.7. The van der Waals surface area contributed by atoms with Gasteiger partial charge in [0.1, 0.15) is 11.5 Å². The molecule has 8 nitrogen and oxygen atoms in total. The zero-order valence-corrected chi connectivity index (χ0v) is 15.6. The molecule has 0 saturated heterocycles. The van der Waals surface area contributed by atoms with Crippen molar-refractivity contribution in [3.05, 3.63) is 53.6 Å². The molecule has 0 aliphatic heterocycles. The predicted octanol–water partition coefficient (Wildman–Crippen LogP) is 1.04. The first-order chi connectivity index (χ1) is 13.4. The van der Waals surface area contributed by atoms with E-state index >= 15 is 0 Å². The maximum absolute atomic E-state index is 11.7. The van der Waals surface area contributed by atoms with E-state index < -0.39 is 12.0 Å². The van der Waals surface area contributed by atoms with E-state index in [9.17, 15) is 24.9 Å². The van der Waals surface area contributed by atoms with Crippen LogP contribution in [0, 0.1) is 0 Å². The van der Waals surface area contributed by atoms with Gasteiger partial charge in [-0.25, -0.2) is 0 Å². The van der Waals surface area contributed by atoms with E-state index in [4.69, 9.17) is 0 Å². The molecule has 0 radical (unpaired) electrons. The zero-order chi connectivity index (χ0) is 20.5. The molecule has 6 N–H and O–H groups in total. The van der Waals surface area contributed by atoms with Crippen LogP contribution in [0.15, 0.2) is 42.5 Å². The van der Waals surface area contributed by atoms with Gasteiger partial charge in [-0.3, -0.25) is 9.59 Å². The van der Waals surface area contributed by atoms with Crippen LogP contribution in [0.2, 0.25) is 0 Å². The standard InChI is InChI=1S/C20H25N3O5/c1-13(8-14-2-5-16(25)6-3-14)22-10-19(27)15-4-7-18(26)17(9-15)23-20(28)11-21-12-24/h2-7,9,12-13,19,22,25-27H,8,10-11H2,1H3,(H,21,24)(H,23,28). The first-order valence-corrected chi connectivity index (χ1v) is 8.88. The van der Waals surface area contributed by atoms with Crippen molar-refractivity contribution in [3.8, 4) is 11.5 Å². The molecule has 0 aromatic heterocycles. The molecular weight excluding hydrogens is 362 g/mol. The predicted molar refractivity (Wildman–Crippen MR) is 105 cm³/mol. The van der Waals surface area contributed by atoms with Gasteiger partial charge < -0.3 is 31.3 Å². The minimum Gasteiger partial charge on any atom is -0.508 e. The summed E-state index contributed by atoms with van der Waals surface area (Å²) in [5.41, 5.74) is 1.75. The highest BCUT2D eigenvalue weighted by molar-refractivity contribution is 5.94. The van der Waals surface area contributed by atoms with E-state index in [1.54, 1.807) is 18.2 Å². The first kappa shape index (κ1) is 21.2. The second kappa shape index (κ2) is 10.3. The Balaban J connectivity index is 1.91. The van der Waals surface area contributed by atoms with Crippen molar-refractivity contribution in [1.82, 2.24) is 10.6 Å². The Morgan fingerprint density at radius 2 is 1.86 bits per heavy atom. The quantitative estimate of drug-likeness (QED) is 0.267. The molecule has 0 heterocycles. The number of nitrogens with one attached hydrogen (secondary N) is 3. The normalized spacial score (nSPS) is 12.8. The summed E-state index contributed by atoms with van der Waals surface area (Å²) in [5.74, 6) is -0.407. The molecule has 2 aromatic rings. The van der Waals surface area contributed by atoms with Crippen molar-refractivity contribution >= 4 is 18.0 Å². The summed E-state index contributed by atoms with van der Waals surface area (Å²) in [4.78, 5) is 21.9. The number of aromatic hydroxyl groups is 2. The summed E-state index contributed by atoms with van der Waals surface area (Å²) in [6, 6.07) is 11.5. The van der Waals surface area contributed by atoms with E-state index in [1.165, 1.54) is 12.1 Å².